The first-order valence-electron chi connectivity index (χ1n) is 8.29. The zero-order valence-electron chi connectivity index (χ0n) is 14.3. The SMILES string of the molecule is NCC1COCCN1c1c(F)cc2c(=O)c(C(=O)O)cn(CCF)c2c1F. The van der Waals surface area contributed by atoms with Gasteiger partial charge in [0.1, 0.15) is 23.7 Å². The lowest BCUT2D eigenvalue weighted by molar-refractivity contribution is 0.0694. The van der Waals surface area contributed by atoms with E-state index in [9.17, 15) is 18.4 Å². The summed E-state index contributed by atoms with van der Waals surface area (Å²) in [7, 11) is 0. The summed E-state index contributed by atoms with van der Waals surface area (Å²) in [6.07, 6.45) is 0.872. The van der Waals surface area contributed by atoms with E-state index in [0.29, 0.717) is 0 Å². The summed E-state index contributed by atoms with van der Waals surface area (Å²) in [5, 5.41) is 8.69. The van der Waals surface area contributed by atoms with Crippen LogP contribution in [0.5, 0.6) is 0 Å². The summed E-state index contributed by atoms with van der Waals surface area (Å²) in [5.74, 6) is -3.64. The maximum Gasteiger partial charge on any atom is 0.341 e. The van der Waals surface area contributed by atoms with Gasteiger partial charge >= 0.3 is 5.97 Å². The number of aryl methyl sites for hydroxylation is 1. The number of hydrogen-bond donors (Lipinski definition) is 2. The number of morpholine rings is 1. The van der Waals surface area contributed by atoms with Gasteiger partial charge in [-0.05, 0) is 6.07 Å². The van der Waals surface area contributed by atoms with Crippen molar-refractivity contribution in [1.29, 1.82) is 0 Å². The van der Waals surface area contributed by atoms with Crippen LogP contribution in [0.15, 0.2) is 17.1 Å². The van der Waals surface area contributed by atoms with Gasteiger partial charge in [-0.3, -0.25) is 4.79 Å². The van der Waals surface area contributed by atoms with Crippen molar-refractivity contribution in [2.75, 3.05) is 37.9 Å². The van der Waals surface area contributed by atoms with E-state index >= 15 is 4.39 Å². The summed E-state index contributed by atoms with van der Waals surface area (Å²) >= 11 is 0. The lowest BCUT2D eigenvalue weighted by Gasteiger charge is -2.37. The van der Waals surface area contributed by atoms with E-state index in [0.717, 1.165) is 16.8 Å². The molecule has 1 atom stereocenters. The number of nitrogens with zero attached hydrogens (tertiary/aromatic N) is 2. The lowest BCUT2D eigenvalue weighted by Crippen LogP contribution is -2.50. The molecule has 0 aliphatic carbocycles. The van der Waals surface area contributed by atoms with Crippen molar-refractivity contribution in [3.05, 3.63) is 39.7 Å². The van der Waals surface area contributed by atoms with Crippen LogP contribution in [-0.4, -0.2) is 54.7 Å². The van der Waals surface area contributed by atoms with Crippen LogP contribution in [0.1, 0.15) is 10.4 Å². The highest BCUT2D eigenvalue weighted by Crippen LogP contribution is 2.32. The van der Waals surface area contributed by atoms with E-state index < -0.39 is 52.4 Å². The molecule has 1 fully saturated rings. The van der Waals surface area contributed by atoms with Crippen LogP contribution in [0.25, 0.3) is 10.9 Å². The number of pyridine rings is 1. The topological polar surface area (TPSA) is 97.8 Å². The van der Waals surface area contributed by atoms with Crippen LogP contribution in [0.4, 0.5) is 18.9 Å². The number of aromatic nitrogens is 1. The molecule has 1 aromatic heterocycles. The third kappa shape index (κ3) is 3.26. The second kappa shape index (κ2) is 7.57. The van der Waals surface area contributed by atoms with Crippen molar-refractivity contribution < 1.29 is 27.8 Å². The number of halogens is 3. The number of carboxylic acid groups (broad SMARTS) is 1. The van der Waals surface area contributed by atoms with E-state index in [1.54, 1.807) is 0 Å². The quantitative estimate of drug-likeness (QED) is 0.800. The molecular weight excluding hydrogens is 367 g/mol. The Labute approximate surface area is 151 Å². The predicted molar refractivity (Wildman–Crippen MR) is 92.1 cm³/mol. The third-order valence-electron chi connectivity index (χ3n) is 4.57. The van der Waals surface area contributed by atoms with E-state index in [-0.39, 0.29) is 38.4 Å². The number of fused-ring (bicyclic) bond motifs is 1. The molecule has 3 rings (SSSR count). The molecule has 27 heavy (non-hydrogen) atoms. The summed E-state index contributed by atoms with van der Waals surface area (Å²) in [6, 6.07) is 0.320. The fraction of sp³-hybridized carbons (Fsp3) is 0.412. The zero-order chi connectivity index (χ0) is 19.7. The van der Waals surface area contributed by atoms with Crippen molar-refractivity contribution in [3.63, 3.8) is 0 Å². The van der Waals surface area contributed by atoms with Crippen LogP contribution in [0.3, 0.4) is 0 Å². The van der Waals surface area contributed by atoms with Crippen LogP contribution in [-0.2, 0) is 11.3 Å². The predicted octanol–water partition coefficient (Wildman–Crippen LogP) is 1.11. The largest absolute Gasteiger partial charge is 0.477 e. The molecule has 1 aliphatic heterocycles. The number of carbonyl (C=O) groups is 1. The van der Waals surface area contributed by atoms with Crippen molar-refractivity contribution >= 4 is 22.6 Å². The van der Waals surface area contributed by atoms with Gasteiger partial charge in [0.25, 0.3) is 0 Å². The number of aromatic carboxylic acids is 1. The molecule has 7 nitrogen and oxygen atoms in total. The first-order chi connectivity index (χ1) is 12.9. The molecule has 0 radical (unpaired) electrons. The Kier molecular flexibility index (Phi) is 5.38. The van der Waals surface area contributed by atoms with Gasteiger partial charge < -0.3 is 25.0 Å². The summed E-state index contributed by atoms with van der Waals surface area (Å²) in [4.78, 5) is 25.0. The highest BCUT2D eigenvalue weighted by molar-refractivity contribution is 5.93. The van der Waals surface area contributed by atoms with E-state index in [2.05, 4.69) is 0 Å². The molecule has 1 aromatic carbocycles. The van der Waals surface area contributed by atoms with Crippen molar-refractivity contribution in [2.45, 2.75) is 12.6 Å². The second-order valence-corrected chi connectivity index (χ2v) is 6.13. The highest BCUT2D eigenvalue weighted by atomic mass is 19.1. The Morgan fingerprint density at radius 3 is 2.78 bits per heavy atom. The summed E-state index contributed by atoms with van der Waals surface area (Å²) in [5.41, 5.74) is 3.20. The molecule has 0 bridgehead atoms. The van der Waals surface area contributed by atoms with Crippen LogP contribution >= 0.6 is 0 Å². The first-order valence-corrected chi connectivity index (χ1v) is 8.29. The number of nitrogens with two attached hydrogens (primary N) is 1. The van der Waals surface area contributed by atoms with Crippen LogP contribution in [0.2, 0.25) is 0 Å². The molecular formula is C17H18F3N3O4. The van der Waals surface area contributed by atoms with Crippen LogP contribution in [0, 0.1) is 11.6 Å². The standard InChI is InChI=1S/C17H18F3N3O4/c18-1-2-22-7-11(17(25)26)16(24)10-5-12(19)15(13(20)14(10)22)23-3-4-27-8-9(23)6-21/h5,7,9H,1-4,6,8,21H2,(H,25,26). The maximum atomic E-state index is 15.3. The van der Waals surface area contributed by atoms with Gasteiger partial charge in [-0.2, -0.15) is 0 Å². The number of hydrogen-bond acceptors (Lipinski definition) is 5. The van der Waals surface area contributed by atoms with Crippen LogP contribution < -0.4 is 16.1 Å². The molecule has 1 saturated heterocycles. The molecule has 2 aromatic rings. The van der Waals surface area contributed by atoms with Crippen molar-refractivity contribution in [1.82, 2.24) is 4.57 Å². The van der Waals surface area contributed by atoms with Gasteiger partial charge in [-0.15, -0.1) is 0 Å². The number of anilines is 1. The number of carboxylic acids is 1. The Bertz CT molecular complexity index is 947. The normalized spacial score (nSPS) is 17.5. The van der Waals surface area contributed by atoms with Crippen molar-refractivity contribution in [2.24, 2.45) is 5.73 Å². The monoisotopic (exact) mass is 385 g/mol. The first kappa shape index (κ1) is 19.2. The highest BCUT2D eigenvalue weighted by Gasteiger charge is 2.30. The minimum absolute atomic E-state index is 0.0894. The van der Waals surface area contributed by atoms with Gasteiger partial charge in [-0.25, -0.2) is 18.0 Å². The van der Waals surface area contributed by atoms with E-state index in [1.807, 2.05) is 0 Å². The maximum absolute atomic E-state index is 15.3. The number of alkyl halides is 1. The van der Waals surface area contributed by atoms with E-state index in [1.165, 1.54) is 4.90 Å². The number of benzene rings is 1. The molecule has 2 heterocycles. The van der Waals surface area contributed by atoms with Gasteiger partial charge in [0, 0.05) is 19.3 Å². The minimum Gasteiger partial charge on any atom is -0.477 e. The van der Waals surface area contributed by atoms with Gasteiger partial charge in [0.05, 0.1) is 36.7 Å². The number of rotatable bonds is 5. The molecule has 146 valence electrons. The van der Waals surface area contributed by atoms with E-state index in [4.69, 9.17) is 15.6 Å². The average molecular weight is 385 g/mol. The Morgan fingerprint density at radius 1 is 1.41 bits per heavy atom. The molecule has 3 N–H and O–H groups in total. The van der Waals surface area contributed by atoms with Gasteiger partial charge in [0.15, 0.2) is 5.82 Å². The molecule has 0 amide bonds. The van der Waals surface area contributed by atoms with Gasteiger partial charge in [0.2, 0.25) is 5.43 Å². The fourth-order valence-corrected chi connectivity index (χ4v) is 3.30. The summed E-state index contributed by atoms with van der Waals surface area (Å²) < 4.78 is 49.3. The molecule has 0 spiro atoms. The second-order valence-electron chi connectivity index (χ2n) is 6.13. The average Bonchev–Trinajstić information content (AvgIpc) is 2.64. The minimum atomic E-state index is -1.56. The molecule has 0 saturated carbocycles. The number of ether oxygens (including phenoxy) is 1. The smallest absolute Gasteiger partial charge is 0.341 e. The third-order valence-corrected chi connectivity index (χ3v) is 4.57. The molecule has 1 unspecified atom stereocenters. The zero-order valence-corrected chi connectivity index (χ0v) is 14.3. The lowest BCUT2D eigenvalue weighted by atomic mass is 10.1. The molecule has 10 heteroatoms. The Balaban J connectivity index is 2.32. The Morgan fingerprint density at radius 2 is 2.15 bits per heavy atom. The Hall–Kier alpha value is -2.59. The van der Waals surface area contributed by atoms with Gasteiger partial charge in [-0.1, -0.05) is 0 Å². The van der Waals surface area contributed by atoms with Crippen molar-refractivity contribution in [3.8, 4) is 0 Å². The fourth-order valence-electron chi connectivity index (χ4n) is 3.30. The molecule has 1 aliphatic rings. The summed E-state index contributed by atoms with van der Waals surface area (Å²) in [6.45, 7) is -0.617.